The maximum Gasteiger partial charge on any atom is 0.0618 e. The van der Waals surface area contributed by atoms with Crippen molar-refractivity contribution in [3.63, 3.8) is 0 Å². The monoisotopic (exact) mass is 240 g/mol. The molecule has 0 saturated heterocycles. The number of rotatable bonds is 3. The van der Waals surface area contributed by atoms with Gasteiger partial charge in [0.25, 0.3) is 0 Å². The van der Waals surface area contributed by atoms with Crippen LogP contribution in [-0.4, -0.2) is 6.54 Å². The lowest BCUT2D eigenvalue weighted by atomic mass is 10.3. The number of benzene rings is 1. The molecule has 1 rings (SSSR count). The molecule has 0 aromatic heterocycles. The SMILES string of the molecule is CCNc1ccc(Br)cc1N=[N+]=[N-]. The molecule has 13 heavy (non-hydrogen) atoms. The number of nitrogens with one attached hydrogen (secondary N) is 1. The van der Waals surface area contributed by atoms with Crippen LogP contribution in [0.25, 0.3) is 10.4 Å². The van der Waals surface area contributed by atoms with Crippen LogP contribution in [0.1, 0.15) is 6.92 Å². The number of hydrogen-bond acceptors (Lipinski definition) is 2. The number of hydrogen-bond donors (Lipinski definition) is 1. The summed E-state index contributed by atoms with van der Waals surface area (Å²) in [6.07, 6.45) is 0. The number of nitrogens with zero attached hydrogens (tertiary/aromatic N) is 3. The third-order valence-corrected chi connectivity index (χ3v) is 1.97. The van der Waals surface area contributed by atoms with Crippen molar-refractivity contribution in [3.8, 4) is 0 Å². The van der Waals surface area contributed by atoms with Gasteiger partial charge in [-0.25, -0.2) is 0 Å². The van der Waals surface area contributed by atoms with Crippen LogP contribution in [-0.2, 0) is 0 Å². The van der Waals surface area contributed by atoms with Crippen LogP contribution >= 0.6 is 15.9 Å². The predicted octanol–water partition coefficient (Wildman–Crippen LogP) is 3.82. The van der Waals surface area contributed by atoms with Crippen LogP contribution in [0.2, 0.25) is 0 Å². The molecule has 0 heterocycles. The first kappa shape index (κ1) is 9.89. The molecule has 1 N–H and O–H groups in total. The van der Waals surface area contributed by atoms with Gasteiger partial charge in [-0.15, -0.1) is 0 Å². The Hall–Kier alpha value is -1.19. The van der Waals surface area contributed by atoms with Crippen molar-refractivity contribution in [2.75, 3.05) is 11.9 Å². The van der Waals surface area contributed by atoms with Gasteiger partial charge < -0.3 is 5.32 Å². The van der Waals surface area contributed by atoms with Crippen LogP contribution in [0, 0.1) is 0 Å². The van der Waals surface area contributed by atoms with E-state index in [0.717, 1.165) is 16.7 Å². The van der Waals surface area contributed by atoms with E-state index in [4.69, 9.17) is 5.53 Å². The highest BCUT2D eigenvalue weighted by Crippen LogP contribution is 2.28. The van der Waals surface area contributed by atoms with E-state index in [-0.39, 0.29) is 0 Å². The Labute approximate surface area is 84.7 Å². The topological polar surface area (TPSA) is 60.8 Å². The first-order valence-corrected chi connectivity index (χ1v) is 4.65. The summed E-state index contributed by atoms with van der Waals surface area (Å²) < 4.78 is 0.900. The third kappa shape index (κ3) is 2.65. The van der Waals surface area contributed by atoms with E-state index in [1.54, 1.807) is 6.07 Å². The van der Waals surface area contributed by atoms with Crippen LogP contribution < -0.4 is 5.32 Å². The van der Waals surface area contributed by atoms with Gasteiger partial charge in [0.1, 0.15) is 0 Å². The van der Waals surface area contributed by atoms with Crippen LogP contribution in [0.15, 0.2) is 27.8 Å². The minimum atomic E-state index is 0.610. The molecule has 0 aliphatic carbocycles. The molecule has 4 nitrogen and oxygen atoms in total. The summed E-state index contributed by atoms with van der Waals surface area (Å²) in [5.41, 5.74) is 9.78. The van der Waals surface area contributed by atoms with Gasteiger partial charge in [-0.2, -0.15) is 0 Å². The van der Waals surface area contributed by atoms with Crippen molar-refractivity contribution in [2.24, 2.45) is 5.11 Å². The quantitative estimate of drug-likeness (QED) is 0.488. The fourth-order valence-corrected chi connectivity index (χ4v) is 1.32. The molecule has 0 fully saturated rings. The minimum Gasteiger partial charge on any atom is -0.385 e. The molecule has 0 aliphatic heterocycles. The highest BCUT2D eigenvalue weighted by Gasteiger charge is 1.99. The summed E-state index contributed by atoms with van der Waals surface area (Å²) in [4.78, 5) is 2.75. The van der Waals surface area contributed by atoms with Crippen molar-refractivity contribution < 1.29 is 0 Å². The van der Waals surface area contributed by atoms with E-state index in [0.29, 0.717) is 5.69 Å². The van der Waals surface area contributed by atoms with E-state index in [9.17, 15) is 0 Å². The molecule has 68 valence electrons. The minimum absolute atomic E-state index is 0.610. The van der Waals surface area contributed by atoms with Crippen molar-refractivity contribution in [2.45, 2.75) is 6.92 Å². The number of anilines is 1. The maximum absolute atomic E-state index is 8.32. The molecule has 5 heteroatoms. The van der Waals surface area contributed by atoms with Crippen molar-refractivity contribution in [1.29, 1.82) is 0 Å². The zero-order valence-corrected chi connectivity index (χ0v) is 8.74. The van der Waals surface area contributed by atoms with E-state index in [1.165, 1.54) is 0 Å². The van der Waals surface area contributed by atoms with E-state index in [2.05, 4.69) is 31.3 Å². The normalized spacial score (nSPS) is 9.08. The molecule has 1 aromatic rings. The van der Waals surface area contributed by atoms with E-state index >= 15 is 0 Å². The first-order valence-electron chi connectivity index (χ1n) is 3.86. The molecule has 0 radical (unpaired) electrons. The van der Waals surface area contributed by atoms with Gasteiger partial charge in [-0.05, 0) is 30.7 Å². The van der Waals surface area contributed by atoms with Gasteiger partial charge in [0.2, 0.25) is 0 Å². The van der Waals surface area contributed by atoms with Crippen LogP contribution in [0.3, 0.4) is 0 Å². The zero-order chi connectivity index (χ0) is 9.68. The molecule has 0 atom stereocenters. The van der Waals surface area contributed by atoms with Crippen molar-refractivity contribution >= 4 is 27.3 Å². The lowest BCUT2D eigenvalue weighted by molar-refractivity contribution is 1.21. The molecular formula is C8H9BrN4. The fourth-order valence-electron chi connectivity index (χ4n) is 0.976. The lowest BCUT2D eigenvalue weighted by Gasteiger charge is -2.06. The summed E-state index contributed by atoms with van der Waals surface area (Å²) in [7, 11) is 0. The van der Waals surface area contributed by atoms with Crippen molar-refractivity contribution in [3.05, 3.63) is 33.1 Å². The second-order valence-corrected chi connectivity index (χ2v) is 3.30. The summed E-state index contributed by atoms with van der Waals surface area (Å²) in [6, 6.07) is 5.55. The molecule has 0 bridgehead atoms. The van der Waals surface area contributed by atoms with Gasteiger partial charge in [0.05, 0.1) is 5.69 Å². The van der Waals surface area contributed by atoms with Crippen LogP contribution in [0.4, 0.5) is 11.4 Å². The molecular weight excluding hydrogens is 232 g/mol. The predicted molar refractivity (Wildman–Crippen MR) is 57.1 cm³/mol. The lowest BCUT2D eigenvalue weighted by Crippen LogP contribution is -1.95. The standard InChI is InChI=1S/C8H9BrN4/c1-2-11-7-4-3-6(9)5-8(7)12-13-10/h3-5,11H,2H2,1H3. The number of azide groups is 1. The second-order valence-electron chi connectivity index (χ2n) is 2.38. The molecule has 0 unspecified atom stereocenters. The summed E-state index contributed by atoms with van der Waals surface area (Å²) >= 11 is 3.31. The molecule has 0 saturated carbocycles. The van der Waals surface area contributed by atoms with E-state index in [1.807, 2.05) is 19.1 Å². The van der Waals surface area contributed by atoms with Crippen LogP contribution in [0.5, 0.6) is 0 Å². The van der Waals surface area contributed by atoms with Gasteiger partial charge in [-0.1, -0.05) is 21.0 Å². The van der Waals surface area contributed by atoms with Crippen molar-refractivity contribution in [1.82, 2.24) is 0 Å². The van der Waals surface area contributed by atoms with Gasteiger partial charge >= 0.3 is 0 Å². The molecule has 0 aliphatic rings. The van der Waals surface area contributed by atoms with Gasteiger partial charge in [-0.3, -0.25) is 0 Å². The smallest absolute Gasteiger partial charge is 0.0618 e. The average Bonchev–Trinajstić information content (AvgIpc) is 2.10. The van der Waals surface area contributed by atoms with E-state index < -0.39 is 0 Å². The summed E-state index contributed by atoms with van der Waals surface area (Å²) in [5, 5.41) is 6.68. The maximum atomic E-state index is 8.32. The Balaban J connectivity index is 3.10. The fraction of sp³-hybridized carbons (Fsp3) is 0.250. The molecule has 1 aromatic carbocycles. The Morgan fingerprint density at radius 2 is 2.38 bits per heavy atom. The second kappa shape index (κ2) is 4.74. The molecule has 0 spiro atoms. The number of halogens is 1. The Morgan fingerprint density at radius 1 is 1.62 bits per heavy atom. The average molecular weight is 241 g/mol. The first-order chi connectivity index (χ1) is 6.27. The third-order valence-electron chi connectivity index (χ3n) is 1.48. The summed E-state index contributed by atoms with van der Waals surface area (Å²) in [6.45, 7) is 2.79. The van der Waals surface area contributed by atoms with Gasteiger partial charge in [0.15, 0.2) is 0 Å². The Morgan fingerprint density at radius 3 is 3.00 bits per heavy atom. The molecule has 0 amide bonds. The van der Waals surface area contributed by atoms with Gasteiger partial charge in [0, 0.05) is 21.6 Å². The highest BCUT2D eigenvalue weighted by molar-refractivity contribution is 9.10. The summed E-state index contributed by atoms with van der Waals surface area (Å²) in [5.74, 6) is 0. The Bertz CT molecular complexity index is 344. The zero-order valence-electron chi connectivity index (χ0n) is 7.16. The Kier molecular flexibility index (Phi) is 3.61. The highest BCUT2D eigenvalue weighted by atomic mass is 79.9. The largest absolute Gasteiger partial charge is 0.385 e.